The maximum absolute atomic E-state index is 8.11. The maximum atomic E-state index is 8.11. The van der Waals surface area contributed by atoms with Crippen LogP contribution in [0.15, 0.2) is 121 Å². The molecule has 33 heavy (non-hydrogen) atoms. The topological polar surface area (TPSA) is 49.7 Å². The fourth-order valence-corrected chi connectivity index (χ4v) is 8.86. The van der Waals surface area contributed by atoms with Gasteiger partial charge < -0.3 is 14.7 Å². The molecule has 0 atom stereocenters. The predicted octanol–water partition coefficient (Wildman–Crippen LogP) is 3.81. The van der Waals surface area contributed by atoms with Crippen LogP contribution in [0.3, 0.4) is 0 Å². The van der Waals surface area contributed by atoms with Crippen molar-refractivity contribution in [2.45, 2.75) is 19.8 Å². The Morgan fingerprint density at radius 2 is 0.879 bits per heavy atom. The fraction of sp³-hybridized carbons (Fsp3) is 0.143. The van der Waals surface area contributed by atoms with E-state index in [-0.39, 0.29) is 0 Å². The molecule has 0 fully saturated rings. The molecular weight excluding hydrogens is 426 g/mol. The predicted molar refractivity (Wildman–Crippen MR) is 144 cm³/mol. The number of hydrogen-bond acceptors (Lipinski definition) is 3. The van der Waals surface area contributed by atoms with Crippen LogP contribution in [0.4, 0.5) is 0 Å². The van der Waals surface area contributed by atoms with Crippen molar-refractivity contribution in [1.82, 2.24) is 0 Å². The molecule has 0 amide bonds. The molecule has 0 aromatic heterocycles. The van der Waals surface area contributed by atoms with E-state index in [4.69, 9.17) is 10.0 Å². The molecule has 0 aliphatic carbocycles. The van der Waals surface area contributed by atoms with Gasteiger partial charge in [0.1, 0.15) is 0 Å². The molecule has 0 spiro atoms. The molecule has 4 aromatic carbocycles. The van der Waals surface area contributed by atoms with E-state index in [1.165, 1.54) is 21.2 Å². The summed E-state index contributed by atoms with van der Waals surface area (Å²) >= 11 is 0. The Balaban J connectivity index is 0.000000331. The van der Waals surface area contributed by atoms with E-state index in [1.54, 1.807) is 0 Å². The molecule has 0 aliphatic rings. The van der Waals surface area contributed by atoms with E-state index >= 15 is 0 Å². The second kappa shape index (κ2) is 13.1. The van der Waals surface area contributed by atoms with Gasteiger partial charge in [-0.15, -0.1) is 0 Å². The Morgan fingerprint density at radius 1 is 0.576 bits per heavy atom. The molecule has 4 aromatic rings. The van der Waals surface area contributed by atoms with Crippen molar-refractivity contribution in [2.75, 3.05) is 6.61 Å². The van der Waals surface area contributed by atoms with Gasteiger partial charge in [-0.1, -0.05) is 13.3 Å². The first-order chi connectivity index (χ1) is 16.2. The first-order valence-corrected chi connectivity index (χ1v) is 13.4. The van der Waals surface area contributed by atoms with Crippen LogP contribution < -0.4 is 21.2 Å². The van der Waals surface area contributed by atoms with Crippen molar-refractivity contribution in [1.29, 1.82) is 0 Å². The van der Waals surface area contributed by atoms with Gasteiger partial charge in [-0.25, -0.2) is 0 Å². The Bertz CT molecular complexity index is 882. The normalized spacial score (nSPS) is 11.2. The summed E-state index contributed by atoms with van der Waals surface area (Å²) in [6, 6.07) is 44.0. The first kappa shape index (κ1) is 24.9. The molecule has 2 N–H and O–H groups in total. The number of rotatable bonds is 8. The van der Waals surface area contributed by atoms with Crippen LogP contribution in [-0.2, 0) is 4.65 Å². The number of unbranched alkanes of at least 4 members (excludes halogenated alkanes) is 1. The molecule has 0 saturated heterocycles. The van der Waals surface area contributed by atoms with Gasteiger partial charge in [-0.2, -0.15) is 0 Å². The van der Waals surface area contributed by atoms with Gasteiger partial charge in [0.05, 0.1) is 0 Å². The van der Waals surface area contributed by atoms with Crippen LogP contribution in [0, 0.1) is 0 Å². The van der Waals surface area contributed by atoms with Crippen molar-refractivity contribution >= 4 is 35.8 Å². The van der Waals surface area contributed by atoms with E-state index in [9.17, 15) is 0 Å². The van der Waals surface area contributed by atoms with Crippen LogP contribution in [0.1, 0.15) is 19.8 Å². The SMILES string of the molecule is CCCCOB(O)O.c1ccc([PH](c2ccccc2)(c2ccccc2)c2ccccc2)cc1. The quantitative estimate of drug-likeness (QED) is 0.240. The second-order valence-electron chi connectivity index (χ2n) is 7.76. The average Bonchev–Trinajstić information content (AvgIpc) is 2.88. The Hall–Kier alpha value is -2.75. The van der Waals surface area contributed by atoms with Gasteiger partial charge in [0.15, 0.2) is 0 Å². The van der Waals surface area contributed by atoms with E-state index < -0.39 is 14.6 Å². The first-order valence-electron chi connectivity index (χ1n) is 11.4. The van der Waals surface area contributed by atoms with Gasteiger partial charge in [0.2, 0.25) is 0 Å². The standard InChI is InChI=1S/C24H21P.C4H11BO3/c1-5-13-21(14-6-1)25(22-15-7-2-8-16-22,23-17-9-3-10-18-23)24-19-11-4-12-20-24;1-2-3-4-8-5(6)7/h1-20,25H;6-7H,2-4H2,1H3. The molecule has 3 nitrogen and oxygen atoms in total. The zero-order valence-electron chi connectivity index (χ0n) is 19.0. The van der Waals surface area contributed by atoms with Crippen LogP contribution in [0.25, 0.3) is 0 Å². The van der Waals surface area contributed by atoms with Crippen molar-refractivity contribution in [3.8, 4) is 0 Å². The number of benzene rings is 4. The average molecular weight is 458 g/mol. The van der Waals surface area contributed by atoms with Crippen LogP contribution in [0.2, 0.25) is 0 Å². The van der Waals surface area contributed by atoms with Crippen molar-refractivity contribution < 1.29 is 14.7 Å². The zero-order valence-corrected chi connectivity index (χ0v) is 20.0. The van der Waals surface area contributed by atoms with Crippen LogP contribution in [-0.4, -0.2) is 24.0 Å². The van der Waals surface area contributed by atoms with Gasteiger partial charge in [0, 0.05) is 6.61 Å². The third kappa shape index (κ3) is 6.40. The Morgan fingerprint density at radius 3 is 1.12 bits per heavy atom. The van der Waals surface area contributed by atoms with Crippen molar-refractivity contribution in [3.05, 3.63) is 121 Å². The molecule has 4 rings (SSSR count). The monoisotopic (exact) mass is 458 g/mol. The van der Waals surface area contributed by atoms with E-state index in [0.717, 1.165) is 12.8 Å². The summed E-state index contributed by atoms with van der Waals surface area (Å²) in [7, 11) is -3.90. The van der Waals surface area contributed by atoms with Gasteiger partial charge in [-0.3, -0.25) is 0 Å². The third-order valence-corrected chi connectivity index (χ3v) is 10.4. The zero-order chi connectivity index (χ0) is 23.4. The summed E-state index contributed by atoms with van der Waals surface area (Å²) < 4.78 is 4.39. The third-order valence-electron chi connectivity index (χ3n) is 5.59. The summed E-state index contributed by atoms with van der Waals surface area (Å²) in [5, 5.41) is 21.9. The summed E-state index contributed by atoms with van der Waals surface area (Å²) in [5.74, 6) is 0. The van der Waals surface area contributed by atoms with Gasteiger partial charge in [-0.05, 0) is 6.42 Å². The Kier molecular flexibility index (Phi) is 9.87. The van der Waals surface area contributed by atoms with E-state index in [0.29, 0.717) is 6.61 Å². The molecule has 0 saturated carbocycles. The summed E-state index contributed by atoms with van der Waals surface area (Å²) in [6.45, 7) is 2.43. The van der Waals surface area contributed by atoms with Gasteiger partial charge in [0.25, 0.3) is 0 Å². The van der Waals surface area contributed by atoms with E-state index in [1.807, 2.05) is 6.92 Å². The molecule has 0 aliphatic heterocycles. The van der Waals surface area contributed by atoms with Crippen molar-refractivity contribution in [3.63, 3.8) is 0 Å². The summed E-state index contributed by atoms with van der Waals surface area (Å²) in [5.41, 5.74) is 0. The summed E-state index contributed by atoms with van der Waals surface area (Å²) in [6.07, 6.45) is 1.88. The molecule has 0 heterocycles. The molecule has 0 bridgehead atoms. The number of hydrogen-bond donors (Lipinski definition) is 2. The fourth-order valence-electron chi connectivity index (χ4n) is 4.09. The Labute approximate surface area is 198 Å². The molecule has 0 unspecified atom stereocenters. The minimum absolute atomic E-state index is 0.425. The molecule has 5 heteroatoms. The van der Waals surface area contributed by atoms with Crippen LogP contribution >= 0.6 is 7.26 Å². The van der Waals surface area contributed by atoms with Crippen molar-refractivity contribution in [2.24, 2.45) is 0 Å². The van der Waals surface area contributed by atoms with E-state index in [2.05, 4.69) is 126 Å². The minimum atomic E-state index is -2.30. The second-order valence-corrected chi connectivity index (χ2v) is 11.6. The molecular formula is C28H32BO3P. The van der Waals surface area contributed by atoms with Gasteiger partial charge >= 0.3 is 157 Å². The summed E-state index contributed by atoms with van der Waals surface area (Å²) in [4.78, 5) is 0. The van der Waals surface area contributed by atoms with Crippen LogP contribution in [0.5, 0.6) is 0 Å². The molecule has 170 valence electrons. The molecule has 0 radical (unpaired) electrons.